The van der Waals surface area contributed by atoms with Crippen molar-refractivity contribution in [1.82, 2.24) is 10.2 Å². The van der Waals surface area contributed by atoms with Crippen molar-refractivity contribution in [2.24, 2.45) is 0 Å². The first-order chi connectivity index (χ1) is 16.7. The molecule has 0 unspecified atom stereocenters. The molecule has 2 heterocycles. The molecule has 0 saturated carbocycles. The number of hydrogen-bond acceptors (Lipinski definition) is 4. The molecule has 0 bridgehead atoms. The summed E-state index contributed by atoms with van der Waals surface area (Å²) in [6.45, 7) is -0.287. The van der Waals surface area contributed by atoms with Crippen molar-refractivity contribution in [3.05, 3.63) is 69.7 Å². The van der Waals surface area contributed by atoms with Gasteiger partial charge in [0.2, 0.25) is 17.6 Å². The molecule has 0 radical (unpaired) electrons. The maximum Gasteiger partial charge on any atom is 0.330 e. The van der Waals surface area contributed by atoms with E-state index < -0.39 is 53.8 Å². The number of aryl methyl sites for hydroxylation is 1. The predicted molar refractivity (Wildman–Crippen MR) is 111 cm³/mol. The van der Waals surface area contributed by atoms with E-state index in [1.54, 1.807) is 0 Å². The maximum atomic E-state index is 14.7. The van der Waals surface area contributed by atoms with E-state index >= 15 is 0 Å². The van der Waals surface area contributed by atoms with Gasteiger partial charge in [-0.1, -0.05) is 35.9 Å². The number of piperidine rings is 1. The number of rotatable bonds is 6. The van der Waals surface area contributed by atoms with Gasteiger partial charge in [0.25, 0.3) is 5.91 Å². The van der Waals surface area contributed by atoms with Gasteiger partial charge in [-0.2, -0.15) is 8.78 Å². The van der Waals surface area contributed by atoms with Crippen LogP contribution in [0.2, 0.25) is 6.43 Å². The third-order valence-electron chi connectivity index (χ3n) is 5.29. The van der Waals surface area contributed by atoms with Crippen LogP contribution in [0.3, 0.4) is 0 Å². The number of amides is 3. The van der Waals surface area contributed by atoms with Gasteiger partial charge in [-0.15, -0.1) is 0 Å². The van der Waals surface area contributed by atoms with Crippen LogP contribution in [0, 0.1) is 0 Å². The van der Waals surface area contributed by atoms with E-state index in [1.807, 2.05) is 0 Å². The first kappa shape index (κ1) is 17.4. The molecule has 1 N–H and O–H groups in total. The molecule has 0 spiro atoms. The van der Waals surface area contributed by atoms with Gasteiger partial charge in [0, 0.05) is 38.3 Å². The molecule has 3 amide bonds. The van der Waals surface area contributed by atoms with Gasteiger partial charge < -0.3 is 4.90 Å². The normalized spacial score (nSPS) is 23.4. The van der Waals surface area contributed by atoms with Crippen molar-refractivity contribution < 1.29 is 33.5 Å². The highest BCUT2D eigenvalue weighted by Crippen LogP contribution is 2.32. The van der Waals surface area contributed by atoms with Crippen LogP contribution in [0.4, 0.5) is 8.78 Å². The van der Waals surface area contributed by atoms with Crippen LogP contribution in [-0.4, -0.2) is 34.4 Å². The summed E-state index contributed by atoms with van der Waals surface area (Å²) in [6.07, 6.45) is -4.27. The molecule has 32 heavy (non-hydrogen) atoms. The minimum Gasteiger partial charge on any atom is -0.322 e. The van der Waals surface area contributed by atoms with E-state index in [0.717, 1.165) is 17.0 Å². The van der Waals surface area contributed by atoms with Crippen LogP contribution in [-0.2, 0) is 33.2 Å². The van der Waals surface area contributed by atoms with Crippen molar-refractivity contribution in [1.29, 1.82) is 0 Å². The minimum absolute atomic E-state index is 0.0588. The van der Waals surface area contributed by atoms with Crippen molar-refractivity contribution >= 4 is 35.1 Å². The molecule has 166 valence electrons. The number of hydrogen-bond donors (Lipinski definition) is 1. The van der Waals surface area contributed by atoms with E-state index in [-0.39, 0.29) is 46.4 Å². The zero-order valence-electron chi connectivity index (χ0n) is 20.5. The van der Waals surface area contributed by atoms with E-state index in [1.165, 1.54) is 30.3 Å². The monoisotopic (exact) mass is 464 g/mol. The van der Waals surface area contributed by atoms with Crippen LogP contribution in [0.5, 0.6) is 0 Å². The van der Waals surface area contributed by atoms with Crippen molar-refractivity contribution in [2.45, 2.75) is 44.1 Å². The Kier molecular flexibility index (Phi) is 4.59. The fraction of sp³-hybridized carbons (Fsp3) is 0.304. The summed E-state index contributed by atoms with van der Waals surface area (Å²) in [5.41, 5.74) is -0.462. The number of benzene rings is 2. The highest BCUT2D eigenvalue weighted by atomic mass is 35.5. The number of ketones is 1. The molecule has 1 saturated heterocycles. The Balaban J connectivity index is 1.57. The Hall–Kier alpha value is -3.13. The lowest BCUT2D eigenvalue weighted by molar-refractivity contribution is -0.144. The Morgan fingerprint density at radius 3 is 2.69 bits per heavy atom. The Bertz CT molecular complexity index is 1290. The third kappa shape index (κ3) is 4.14. The minimum atomic E-state index is -3.96. The molecule has 9 heteroatoms. The Labute approximate surface area is 193 Å². The number of Topliss-reactive ketones (excluding diaryl/α,β-unsaturated/α-hetero) is 1. The molecule has 2 aliphatic heterocycles. The van der Waals surface area contributed by atoms with Gasteiger partial charge in [-0.3, -0.25) is 24.5 Å². The molecule has 1 fully saturated rings. The van der Waals surface area contributed by atoms with E-state index in [4.69, 9.17) is 17.1 Å². The SMILES string of the molecule is [2H]N1C(=O)CC[C@@]([2H])(N2Cc3cc(C([2H])([2H])CC(=O)C(F)(F)c4ccc(Cl)cc4)ccc3C2=O)C1=O. The lowest BCUT2D eigenvalue weighted by Crippen LogP contribution is -2.52. The smallest absolute Gasteiger partial charge is 0.322 e. The number of halogens is 3. The summed E-state index contributed by atoms with van der Waals surface area (Å²) in [7, 11) is 0. The summed E-state index contributed by atoms with van der Waals surface area (Å²) in [5.74, 6) is -8.28. The molecule has 0 aliphatic carbocycles. The van der Waals surface area contributed by atoms with Crippen molar-refractivity contribution in [3.8, 4) is 0 Å². The van der Waals surface area contributed by atoms with Crippen molar-refractivity contribution in [2.75, 3.05) is 0 Å². The van der Waals surface area contributed by atoms with Gasteiger partial charge in [0.1, 0.15) is 6.02 Å². The number of nitrogens with zero attached hydrogens (tertiary/aromatic N) is 1. The highest BCUT2D eigenvalue weighted by Gasteiger charge is 2.41. The first-order valence-electron chi connectivity index (χ1n) is 11.6. The van der Waals surface area contributed by atoms with Gasteiger partial charge in [-0.25, -0.2) is 0 Å². The van der Waals surface area contributed by atoms with Crippen LogP contribution < -0.4 is 5.31 Å². The second kappa shape index (κ2) is 8.43. The lowest BCUT2D eigenvalue weighted by Gasteiger charge is -2.29. The topological polar surface area (TPSA) is 83.6 Å². The molecule has 4 rings (SSSR count). The third-order valence-corrected chi connectivity index (χ3v) is 5.55. The van der Waals surface area contributed by atoms with Crippen LogP contribution >= 0.6 is 11.6 Å². The van der Waals surface area contributed by atoms with Gasteiger partial charge in [-0.05, 0) is 42.1 Å². The molecule has 2 aliphatic rings. The molecule has 0 aromatic heterocycles. The van der Waals surface area contributed by atoms with Crippen LogP contribution in [0.25, 0.3) is 0 Å². The summed E-state index contributed by atoms with van der Waals surface area (Å²) in [4.78, 5) is 50.3. The van der Waals surface area contributed by atoms with Crippen LogP contribution in [0.1, 0.15) is 50.4 Å². The zero-order valence-corrected chi connectivity index (χ0v) is 17.3. The van der Waals surface area contributed by atoms with Crippen LogP contribution in [0.15, 0.2) is 42.5 Å². The number of alkyl halides is 2. The highest BCUT2D eigenvalue weighted by molar-refractivity contribution is 6.30. The number of nitrogens with one attached hydrogen (secondary N) is 1. The molecular weight excluding hydrogens is 442 g/mol. The van der Waals surface area contributed by atoms with Gasteiger partial charge >= 0.3 is 5.92 Å². The van der Waals surface area contributed by atoms with E-state index in [9.17, 15) is 28.0 Å². The fourth-order valence-corrected chi connectivity index (χ4v) is 3.70. The first-order valence-corrected chi connectivity index (χ1v) is 10.0. The zero-order chi connectivity index (χ0) is 26.6. The number of fused-ring (bicyclic) bond motifs is 1. The predicted octanol–water partition coefficient (Wildman–Crippen LogP) is 3.39. The van der Waals surface area contributed by atoms with E-state index in [0.29, 0.717) is 0 Å². The fourth-order valence-electron chi connectivity index (χ4n) is 3.58. The second-order valence-electron chi connectivity index (χ2n) is 7.38. The molecule has 6 nitrogen and oxygen atoms in total. The largest absolute Gasteiger partial charge is 0.330 e. The van der Waals surface area contributed by atoms with Gasteiger partial charge in [0.05, 0.1) is 1.37 Å². The van der Waals surface area contributed by atoms with Crippen molar-refractivity contribution in [3.63, 3.8) is 0 Å². The number of carbonyl (C=O) groups excluding carboxylic acids is 4. The summed E-state index contributed by atoms with van der Waals surface area (Å²) < 4.78 is 62.0. The molecule has 2 aromatic rings. The summed E-state index contributed by atoms with van der Waals surface area (Å²) in [6, 6.07) is 5.84. The molecule has 1 atom stereocenters. The lowest BCUT2D eigenvalue weighted by atomic mass is 9.97. The second-order valence-corrected chi connectivity index (χ2v) is 7.82. The number of imide groups is 1. The molecular formula is C23H19ClF2N2O4. The Morgan fingerprint density at radius 1 is 1.25 bits per heavy atom. The summed E-state index contributed by atoms with van der Waals surface area (Å²) in [5, 5.41) is 0.258. The average Bonchev–Trinajstić information content (AvgIpc) is 3.17. The van der Waals surface area contributed by atoms with Gasteiger partial charge in [0.15, 0.2) is 1.41 Å². The standard InChI is InChI=1S/C23H19ClF2N2O4/c24-16-5-3-15(4-6-16)23(25,26)19(29)9-2-13-1-7-17-14(11-13)12-28(22(17)32)18-8-10-20(30)27-21(18)31/h1,3-7,11,18H,2,8-10,12H2,(H,27,30,31)/t18-/m1/s1/i2D2,18D/hD. The Morgan fingerprint density at radius 2 is 1.97 bits per heavy atom. The average molecular weight is 465 g/mol. The molecule has 2 aromatic carbocycles. The maximum absolute atomic E-state index is 14.7. The quantitative estimate of drug-likeness (QED) is 0.664. The van der Waals surface area contributed by atoms with E-state index in [2.05, 4.69) is 0 Å². The number of carbonyl (C=O) groups is 4. The summed E-state index contributed by atoms with van der Waals surface area (Å²) >= 11 is 5.70.